The van der Waals surface area contributed by atoms with Crippen molar-refractivity contribution in [3.05, 3.63) is 137 Å². The Hall–Kier alpha value is -5.66. The lowest BCUT2D eigenvalue weighted by Gasteiger charge is -2.30. The Morgan fingerprint density at radius 1 is 1.00 bits per heavy atom. The van der Waals surface area contributed by atoms with Gasteiger partial charge in [0, 0.05) is 60.2 Å². The number of rotatable bonds is 15. The van der Waals surface area contributed by atoms with Crippen molar-refractivity contribution in [2.75, 3.05) is 23.7 Å². The number of nitrogen functional groups attached to an aromatic ring is 1. The third-order valence-corrected chi connectivity index (χ3v) is 11.7. The van der Waals surface area contributed by atoms with Gasteiger partial charge in [-0.1, -0.05) is 42.5 Å². The number of halogens is 1. The minimum absolute atomic E-state index is 0.0602. The Kier molecular flexibility index (Phi) is 12.1. The van der Waals surface area contributed by atoms with Gasteiger partial charge >= 0.3 is 6.01 Å². The Morgan fingerprint density at radius 2 is 1.75 bits per heavy atom. The molecule has 2 aliphatic rings. The Bertz CT molecular complexity index is 2390. The van der Waals surface area contributed by atoms with Gasteiger partial charge in [-0.2, -0.15) is 18.0 Å². The van der Waals surface area contributed by atoms with Crippen LogP contribution in [0, 0.1) is 5.82 Å². The summed E-state index contributed by atoms with van der Waals surface area (Å²) in [5.74, 6) is -0.0237. The molecule has 298 valence electrons. The van der Waals surface area contributed by atoms with Crippen molar-refractivity contribution >= 4 is 38.9 Å². The molecule has 0 fully saturated rings. The van der Waals surface area contributed by atoms with Crippen LogP contribution in [-0.2, 0) is 38.9 Å². The van der Waals surface area contributed by atoms with Crippen molar-refractivity contribution in [3.8, 4) is 6.01 Å². The van der Waals surface area contributed by atoms with Crippen molar-refractivity contribution in [2.24, 2.45) is 0 Å². The first-order valence-electron chi connectivity index (χ1n) is 19.1. The highest BCUT2D eigenvalue weighted by atomic mass is 32.2. The normalized spacial score (nSPS) is 18.2. The SMILES string of the molecule is CCN1/C(=C/C=C/C=C/C2=[N+](CC)c3ccc(S(=O)(=O)O)cc3C2(C)C)C(C)(CCCC(=O)NCc2ccc(COc3nccc(N)n3)cc2)c2cc(F)ccc21. The first-order valence-corrected chi connectivity index (χ1v) is 20.6. The number of ether oxygens (including phenoxy) is 1. The van der Waals surface area contributed by atoms with Gasteiger partial charge in [0.05, 0.1) is 10.3 Å². The molecule has 0 radical (unpaired) electrons. The zero-order valence-electron chi connectivity index (χ0n) is 33.0. The number of allylic oxidation sites excluding steroid dienone is 6. The van der Waals surface area contributed by atoms with Crippen LogP contribution in [0.2, 0.25) is 0 Å². The Morgan fingerprint density at radius 3 is 2.46 bits per heavy atom. The van der Waals surface area contributed by atoms with Gasteiger partial charge < -0.3 is 20.7 Å². The molecule has 1 atom stereocenters. The first kappa shape index (κ1) is 41.0. The zero-order valence-corrected chi connectivity index (χ0v) is 33.8. The van der Waals surface area contributed by atoms with E-state index in [0.717, 1.165) is 45.0 Å². The maximum Gasteiger partial charge on any atom is 0.318 e. The summed E-state index contributed by atoms with van der Waals surface area (Å²) in [7, 11) is -4.34. The largest absolute Gasteiger partial charge is 0.459 e. The second kappa shape index (κ2) is 16.8. The van der Waals surface area contributed by atoms with E-state index in [0.29, 0.717) is 44.7 Å². The highest BCUT2D eigenvalue weighted by molar-refractivity contribution is 7.85. The monoisotopic (exact) mass is 793 g/mol. The number of hydrogen-bond donors (Lipinski definition) is 3. The number of fused-ring (bicyclic) bond motifs is 2. The van der Waals surface area contributed by atoms with Crippen molar-refractivity contribution in [1.82, 2.24) is 15.3 Å². The van der Waals surface area contributed by atoms with Gasteiger partial charge in [0.25, 0.3) is 10.1 Å². The number of carbonyl (C=O) groups excluding carboxylic acids is 1. The fourth-order valence-electron chi connectivity index (χ4n) is 7.86. The van der Waals surface area contributed by atoms with Crippen LogP contribution in [0.4, 0.5) is 21.6 Å². The average molecular weight is 794 g/mol. The van der Waals surface area contributed by atoms with Gasteiger partial charge in [0.15, 0.2) is 5.71 Å². The number of nitrogens with two attached hydrogens (primary N) is 1. The second-order valence-corrected chi connectivity index (χ2v) is 16.4. The van der Waals surface area contributed by atoms with Gasteiger partial charge in [-0.15, -0.1) is 0 Å². The van der Waals surface area contributed by atoms with Crippen molar-refractivity contribution in [3.63, 3.8) is 0 Å². The average Bonchev–Trinajstić information content (AvgIpc) is 3.54. The van der Waals surface area contributed by atoms with Crippen LogP contribution in [0.3, 0.4) is 0 Å². The minimum atomic E-state index is -4.34. The minimum Gasteiger partial charge on any atom is -0.459 e. The maximum absolute atomic E-state index is 14.7. The third kappa shape index (κ3) is 8.84. The van der Waals surface area contributed by atoms with Crippen LogP contribution in [0.5, 0.6) is 6.01 Å². The number of carbonyl (C=O) groups is 1. The fourth-order valence-corrected chi connectivity index (χ4v) is 8.36. The summed E-state index contributed by atoms with van der Waals surface area (Å²) in [5.41, 5.74) is 12.1. The smallest absolute Gasteiger partial charge is 0.318 e. The molecule has 1 amide bonds. The summed E-state index contributed by atoms with van der Waals surface area (Å²) >= 11 is 0. The lowest BCUT2D eigenvalue weighted by molar-refractivity contribution is -0.433. The molecule has 0 bridgehead atoms. The molecular weight excluding hydrogens is 744 g/mol. The lowest BCUT2D eigenvalue weighted by Crippen LogP contribution is -2.29. The Balaban J connectivity index is 1.11. The van der Waals surface area contributed by atoms with E-state index in [-0.39, 0.29) is 29.2 Å². The number of aromatic nitrogens is 2. The molecule has 1 aromatic heterocycles. The van der Waals surface area contributed by atoms with Crippen LogP contribution < -0.4 is 20.7 Å². The summed E-state index contributed by atoms with van der Waals surface area (Å²) in [4.78, 5) is 23.2. The van der Waals surface area contributed by atoms with Crippen molar-refractivity contribution in [1.29, 1.82) is 0 Å². The molecule has 3 heterocycles. The van der Waals surface area contributed by atoms with Crippen LogP contribution in [-0.4, -0.2) is 52.2 Å². The predicted molar refractivity (Wildman–Crippen MR) is 221 cm³/mol. The van der Waals surface area contributed by atoms with E-state index in [1.54, 1.807) is 30.5 Å². The number of nitrogens with one attached hydrogen (secondary N) is 1. The molecule has 0 spiro atoms. The quantitative estimate of drug-likeness (QED) is 0.0625. The highest BCUT2D eigenvalue weighted by Gasteiger charge is 2.45. The van der Waals surface area contributed by atoms with E-state index >= 15 is 0 Å². The molecule has 0 saturated heterocycles. The summed E-state index contributed by atoms with van der Waals surface area (Å²) in [5, 5.41) is 3.03. The molecule has 1 unspecified atom stereocenters. The first-order chi connectivity index (χ1) is 27.1. The predicted octanol–water partition coefficient (Wildman–Crippen LogP) is 7.70. The number of anilines is 2. The van der Waals surface area contributed by atoms with Gasteiger partial charge in [0.2, 0.25) is 11.6 Å². The van der Waals surface area contributed by atoms with Gasteiger partial charge in [-0.05, 0) is 107 Å². The molecule has 2 aliphatic heterocycles. The molecule has 3 aromatic carbocycles. The second-order valence-electron chi connectivity index (χ2n) is 14.9. The molecule has 57 heavy (non-hydrogen) atoms. The molecule has 0 aliphatic carbocycles. The molecule has 4 N–H and O–H groups in total. The van der Waals surface area contributed by atoms with Crippen LogP contribution in [0.25, 0.3) is 0 Å². The van der Waals surface area contributed by atoms with E-state index in [9.17, 15) is 22.2 Å². The summed E-state index contributed by atoms with van der Waals surface area (Å²) in [6.45, 7) is 12.3. The number of hydrogen-bond acceptors (Lipinski definition) is 8. The summed E-state index contributed by atoms with van der Waals surface area (Å²) in [6, 6.07) is 19.2. The summed E-state index contributed by atoms with van der Waals surface area (Å²) < 4.78 is 56.0. The number of nitrogens with zero attached hydrogens (tertiary/aromatic N) is 4. The number of benzene rings is 3. The molecule has 13 heteroatoms. The molecule has 6 rings (SSSR count). The fraction of sp³-hybridized carbons (Fsp3) is 0.318. The third-order valence-electron chi connectivity index (χ3n) is 10.8. The molecule has 4 aromatic rings. The van der Waals surface area contributed by atoms with Crippen molar-refractivity contribution < 1.29 is 31.5 Å². The molecule has 11 nitrogen and oxygen atoms in total. The summed E-state index contributed by atoms with van der Waals surface area (Å²) in [6.07, 6.45) is 13.1. The van der Waals surface area contributed by atoms with E-state index < -0.39 is 20.9 Å². The molecular formula is C44H50FN6O5S+. The lowest BCUT2D eigenvalue weighted by atomic mass is 9.77. The van der Waals surface area contributed by atoms with Crippen LogP contribution >= 0.6 is 0 Å². The zero-order chi connectivity index (χ0) is 41.0. The Labute approximate surface area is 334 Å². The highest BCUT2D eigenvalue weighted by Crippen LogP contribution is 2.51. The van der Waals surface area contributed by atoms with Crippen molar-refractivity contribution in [2.45, 2.75) is 82.8 Å². The topological polar surface area (TPSA) is 151 Å². The molecule has 0 saturated carbocycles. The van der Waals surface area contributed by atoms with Crippen LogP contribution in [0.15, 0.2) is 114 Å². The van der Waals surface area contributed by atoms with E-state index in [2.05, 4.69) is 44.7 Å². The number of likely N-dealkylation sites (N-methyl/N-ethyl adjacent to an activating group) is 1. The van der Waals surface area contributed by atoms with E-state index in [4.69, 9.17) is 10.5 Å². The maximum atomic E-state index is 14.7. The van der Waals surface area contributed by atoms with Gasteiger partial charge in [-0.3, -0.25) is 9.35 Å². The van der Waals surface area contributed by atoms with E-state index in [1.807, 2.05) is 75.4 Å². The number of amides is 1. The van der Waals surface area contributed by atoms with E-state index in [1.165, 1.54) is 12.1 Å². The standard InChI is InChI=1S/C44H49FN6O5S/c1-6-50-36-22-20-33(57(53,54)55)27-34(36)43(3,4)38(50)12-9-8-10-13-39-44(5,35-26-32(45)19-21-37(35)51(39)7-2)24-11-14-41(52)48-28-30-15-17-31(18-16-30)29-56-42-47-25-23-40(46)49-42/h8-10,12-13,15-23,25-27H,6-7,11,14,24,28-29H2,1-5H3,(H3-,46,47,48,49,52,53,54,55)/p+1. The van der Waals surface area contributed by atoms with Gasteiger partial charge in [-0.25, -0.2) is 9.37 Å². The van der Waals surface area contributed by atoms with Gasteiger partial charge in [0.1, 0.15) is 24.8 Å². The van der Waals surface area contributed by atoms with Crippen LogP contribution in [0.1, 0.15) is 76.1 Å².